The highest BCUT2D eigenvalue weighted by Gasteiger charge is 2.19. The first-order valence-corrected chi connectivity index (χ1v) is 10.5. The van der Waals surface area contributed by atoms with Crippen LogP contribution < -0.4 is 10.1 Å². The topological polar surface area (TPSA) is 87.5 Å². The van der Waals surface area contributed by atoms with Crippen LogP contribution in [0.4, 0.5) is 5.69 Å². The van der Waals surface area contributed by atoms with Crippen molar-refractivity contribution >= 4 is 22.1 Å². The number of rotatable bonds is 8. The van der Waals surface area contributed by atoms with E-state index in [0.29, 0.717) is 12.2 Å². The Hall–Kier alpha value is -3.84. The Labute approximate surface area is 185 Å². The van der Waals surface area contributed by atoms with Gasteiger partial charge in [0.25, 0.3) is 0 Å². The minimum absolute atomic E-state index is 0.117. The molecule has 7 heteroatoms. The molecular formula is C25H24N5O2. The zero-order valence-corrected chi connectivity index (χ0v) is 17.7. The van der Waals surface area contributed by atoms with E-state index in [2.05, 4.69) is 33.8 Å². The summed E-state index contributed by atoms with van der Waals surface area (Å²) in [7, 11) is 1.63. The second kappa shape index (κ2) is 8.72. The highest BCUT2D eigenvalue weighted by Crippen LogP contribution is 2.31. The standard InChI is InChI=1S/C25H24N5O2/c1-32-21-12-19(15-26-16-21)28-23(24-13-20-6-2-3-9-30(20)29-24)11-18-14-27-25-17(8-10-31)5-4-7-22(18)25/h2-7,9,11-16,23,27-28,31H,8,10H2,1H3. The number of fused-ring (bicyclic) bond motifs is 2. The maximum atomic E-state index is 9.40. The molecule has 0 spiro atoms. The summed E-state index contributed by atoms with van der Waals surface area (Å²) in [6.45, 7) is 0.117. The van der Waals surface area contributed by atoms with Gasteiger partial charge in [-0.1, -0.05) is 24.3 Å². The van der Waals surface area contributed by atoms with Crippen LogP contribution in [0.25, 0.3) is 16.4 Å². The van der Waals surface area contributed by atoms with Crippen molar-refractivity contribution in [2.45, 2.75) is 12.5 Å². The molecule has 0 aliphatic carbocycles. The van der Waals surface area contributed by atoms with Crippen molar-refractivity contribution < 1.29 is 9.84 Å². The summed E-state index contributed by atoms with van der Waals surface area (Å²) < 4.78 is 7.20. The molecule has 32 heavy (non-hydrogen) atoms. The van der Waals surface area contributed by atoms with Crippen molar-refractivity contribution in [2.24, 2.45) is 0 Å². The van der Waals surface area contributed by atoms with E-state index >= 15 is 0 Å². The number of hydrogen-bond donors (Lipinski definition) is 3. The van der Waals surface area contributed by atoms with Gasteiger partial charge in [-0.25, -0.2) is 4.52 Å². The number of methoxy groups -OCH3 is 1. The molecule has 0 amide bonds. The summed E-state index contributed by atoms with van der Waals surface area (Å²) in [5.74, 6) is 0.685. The van der Waals surface area contributed by atoms with Crippen molar-refractivity contribution in [3.8, 4) is 5.75 Å². The Morgan fingerprint density at radius 2 is 2.12 bits per heavy atom. The first-order valence-electron chi connectivity index (χ1n) is 10.5. The molecule has 5 rings (SSSR count). The van der Waals surface area contributed by atoms with Gasteiger partial charge < -0.3 is 20.1 Å². The van der Waals surface area contributed by atoms with Crippen LogP contribution in [0.3, 0.4) is 0 Å². The molecular weight excluding hydrogens is 402 g/mol. The van der Waals surface area contributed by atoms with E-state index in [-0.39, 0.29) is 12.6 Å². The molecule has 0 aliphatic rings. The van der Waals surface area contributed by atoms with Crippen molar-refractivity contribution in [1.82, 2.24) is 19.6 Å². The summed E-state index contributed by atoms with van der Waals surface area (Å²) in [6, 6.07) is 15.9. The maximum absolute atomic E-state index is 9.40. The van der Waals surface area contributed by atoms with Gasteiger partial charge in [0.15, 0.2) is 0 Å². The molecule has 3 N–H and O–H groups in total. The summed E-state index contributed by atoms with van der Waals surface area (Å²) in [4.78, 5) is 7.65. The fourth-order valence-corrected chi connectivity index (χ4v) is 3.98. The predicted octanol–water partition coefficient (Wildman–Crippen LogP) is 4.16. The van der Waals surface area contributed by atoms with Crippen LogP contribution in [-0.2, 0) is 6.42 Å². The third-order valence-electron chi connectivity index (χ3n) is 5.54. The van der Waals surface area contributed by atoms with Gasteiger partial charge in [-0.2, -0.15) is 5.10 Å². The van der Waals surface area contributed by atoms with E-state index in [9.17, 15) is 5.11 Å². The quantitative estimate of drug-likeness (QED) is 0.347. The monoisotopic (exact) mass is 426 g/mol. The van der Waals surface area contributed by atoms with Crippen LogP contribution in [0.5, 0.6) is 5.75 Å². The second-order valence-corrected chi connectivity index (χ2v) is 7.60. The molecule has 0 saturated heterocycles. The molecule has 4 heterocycles. The third kappa shape index (κ3) is 3.90. The normalized spacial score (nSPS) is 12.3. The van der Waals surface area contributed by atoms with E-state index in [1.807, 2.05) is 53.3 Å². The molecule has 1 radical (unpaired) electrons. The molecule has 1 atom stereocenters. The number of benzene rings is 1. The Bertz CT molecular complexity index is 1320. The number of aliphatic hydroxyl groups excluding tert-OH is 1. The molecule has 4 aromatic heterocycles. The smallest absolute Gasteiger partial charge is 0.139 e. The van der Waals surface area contributed by atoms with Gasteiger partial charge in [-0.15, -0.1) is 0 Å². The number of nitrogens with one attached hydrogen (secondary N) is 2. The van der Waals surface area contributed by atoms with E-state index in [4.69, 9.17) is 9.84 Å². The number of ether oxygens (including phenoxy) is 1. The molecule has 0 aliphatic heterocycles. The Balaban J connectivity index is 1.53. The number of pyridine rings is 2. The lowest BCUT2D eigenvalue weighted by Crippen LogP contribution is -2.13. The van der Waals surface area contributed by atoms with Crippen molar-refractivity contribution in [2.75, 3.05) is 19.0 Å². The highest BCUT2D eigenvalue weighted by atomic mass is 16.5. The molecule has 0 bridgehead atoms. The van der Waals surface area contributed by atoms with Gasteiger partial charge >= 0.3 is 0 Å². The second-order valence-electron chi connectivity index (χ2n) is 7.60. The summed E-state index contributed by atoms with van der Waals surface area (Å²) >= 11 is 0. The van der Waals surface area contributed by atoms with Gasteiger partial charge in [0.05, 0.1) is 42.4 Å². The SMILES string of the molecule is COc1cncc(NC([CH]c2c[nH]c3c(CCO)cccc23)c2cc3ccccn3n2)c1. The average Bonchev–Trinajstić information content (AvgIpc) is 3.44. The minimum atomic E-state index is -0.204. The van der Waals surface area contributed by atoms with E-state index in [0.717, 1.165) is 38.9 Å². The zero-order valence-electron chi connectivity index (χ0n) is 17.7. The number of aromatic nitrogens is 4. The summed E-state index contributed by atoms with van der Waals surface area (Å²) in [5, 5.41) is 18.8. The fourth-order valence-electron chi connectivity index (χ4n) is 3.98. The van der Waals surface area contributed by atoms with E-state index in [1.54, 1.807) is 19.5 Å². The molecule has 1 aromatic carbocycles. The number of aromatic amines is 1. The first kappa shape index (κ1) is 20.1. The number of para-hydroxylation sites is 1. The first-order chi connectivity index (χ1) is 15.7. The molecule has 0 fully saturated rings. The lowest BCUT2D eigenvalue weighted by molar-refractivity contribution is 0.300. The maximum Gasteiger partial charge on any atom is 0.139 e. The molecule has 0 saturated carbocycles. The Morgan fingerprint density at radius 1 is 1.19 bits per heavy atom. The number of aliphatic hydroxyl groups is 1. The van der Waals surface area contributed by atoms with Gasteiger partial charge in [-0.3, -0.25) is 4.98 Å². The van der Waals surface area contributed by atoms with Crippen LogP contribution in [0.15, 0.2) is 73.3 Å². The van der Waals surface area contributed by atoms with Gasteiger partial charge in [0.2, 0.25) is 0 Å². The van der Waals surface area contributed by atoms with Crippen LogP contribution in [0, 0.1) is 6.42 Å². The average molecular weight is 427 g/mol. The van der Waals surface area contributed by atoms with E-state index in [1.165, 1.54) is 0 Å². The van der Waals surface area contributed by atoms with Crippen LogP contribution in [0.1, 0.15) is 22.9 Å². The Morgan fingerprint density at radius 3 is 2.97 bits per heavy atom. The molecule has 161 valence electrons. The van der Waals surface area contributed by atoms with Crippen molar-refractivity contribution in [1.29, 1.82) is 0 Å². The summed E-state index contributed by atoms with van der Waals surface area (Å²) in [6.07, 6.45) is 10.2. The van der Waals surface area contributed by atoms with E-state index < -0.39 is 0 Å². The number of H-pyrrole nitrogens is 1. The van der Waals surface area contributed by atoms with Crippen molar-refractivity contribution in [3.63, 3.8) is 0 Å². The Kier molecular flexibility index (Phi) is 5.47. The van der Waals surface area contributed by atoms with Gasteiger partial charge in [0.1, 0.15) is 5.75 Å². The predicted molar refractivity (Wildman–Crippen MR) is 125 cm³/mol. The molecule has 7 nitrogen and oxygen atoms in total. The lowest BCUT2D eigenvalue weighted by Gasteiger charge is -2.18. The van der Waals surface area contributed by atoms with Gasteiger partial charge in [0, 0.05) is 42.4 Å². The fraction of sp³-hybridized carbons (Fsp3) is 0.160. The van der Waals surface area contributed by atoms with Crippen molar-refractivity contribution in [3.05, 3.63) is 96.6 Å². The minimum Gasteiger partial charge on any atom is -0.495 e. The third-order valence-corrected chi connectivity index (χ3v) is 5.54. The largest absolute Gasteiger partial charge is 0.495 e. The summed E-state index contributed by atoms with van der Waals surface area (Å²) in [5.41, 5.74) is 5.95. The van der Waals surface area contributed by atoms with Crippen LogP contribution >= 0.6 is 0 Å². The van der Waals surface area contributed by atoms with Crippen LogP contribution in [-0.4, -0.2) is 38.4 Å². The van der Waals surface area contributed by atoms with Crippen LogP contribution in [0.2, 0.25) is 0 Å². The molecule has 5 aromatic rings. The lowest BCUT2D eigenvalue weighted by atomic mass is 10.0. The molecule has 1 unspecified atom stereocenters. The number of hydrogen-bond acceptors (Lipinski definition) is 5. The number of anilines is 1. The highest BCUT2D eigenvalue weighted by molar-refractivity contribution is 5.87. The number of nitrogens with zero attached hydrogens (tertiary/aromatic N) is 3. The zero-order chi connectivity index (χ0) is 21.9. The van der Waals surface area contributed by atoms with Gasteiger partial charge in [-0.05, 0) is 35.7 Å².